The Morgan fingerprint density at radius 3 is 1.05 bits per heavy atom. The van der Waals surface area contributed by atoms with Crippen molar-refractivity contribution < 1.29 is 13.3 Å². The molecule has 17 rings (SSSR count). The highest BCUT2D eigenvalue weighted by Crippen LogP contribution is 2.51. The average Bonchev–Trinajstić information content (AvgIpc) is 4.22. The Kier molecular flexibility index (Phi) is 8.28. The molecule has 0 aliphatic carbocycles. The SMILES string of the molecule is c1ccc2c(c1)ccc1c3cc(-c4c5ccccc5c(-c5cccc6c5oc5cccc(-c7c8ccccc8c(-c8ccc9oc%10c%11ccccc%11ccc%10c9c8)c8ccccc78)c56)c5ccccc45)ccc3oc21. The quantitative estimate of drug-likeness (QED) is 0.165. The van der Waals surface area contributed by atoms with E-state index in [0.717, 1.165) is 104 Å². The van der Waals surface area contributed by atoms with Crippen LogP contribution in [-0.2, 0) is 0 Å². The second kappa shape index (κ2) is 15.3. The highest BCUT2D eigenvalue weighted by atomic mass is 16.3. The molecular formula is C72H40O3. The van der Waals surface area contributed by atoms with E-state index in [1.54, 1.807) is 0 Å². The molecule has 0 radical (unpaired) electrons. The monoisotopic (exact) mass is 952 g/mol. The molecule has 0 aliphatic heterocycles. The normalized spacial score (nSPS) is 12.3. The van der Waals surface area contributed by atoms with Crippen molar-refractivity contribution in [3.63, 3.8) is 0 Å². The molecule has 0 N–H and O–H groups in total. The van der Waals surface area contributed by atoms with Crippen LogP contribution in [0.1, 0.15) is 0 Å². The summed E-state index contributed by atoms with van der Waals surface area (Å²) in [4.78, 5) is 0. The molecule has 0 saturated carbocycles. The summed E-state index contributed by atoms with van der Waals surface area (Å²) in [6.07, 6.45) is 0. The summed E-state index contributed by atoms with van der Waals surface area (Å²) in [6.45, 7) is 0. The van der Waals surface area contributed by atoms with E-state index in [1.165, 1.54) is 70.6 Å². The maximum Gasteiger partial charge on any atom is 0.143 e. The zero-order valence-corrected chi connectivity index (χ0v) is 40.3. The van der Waals surface area contributed by atoms with Gasteiger partial charge in [0.2, 0.25) is 0 Å². The lowest BCUT2D eigenvalue weighted by Gasteiger charge is -2.18. The highest BCUT2D eigenvalue weighted by Gasteiger charge is 2.25. The van der Waals surface area contributed by atoms with Crippen LogP contribution >= 0.6 is 0 Å². The molecule has 3 aromatic heterocycles. The minimum atomic E-state index is 0.857. The van der Waals surface area contributed by atoms with E-state index in [2.05, 4.69) is 243 Å². The molecule has 0 unspecified atom stereocenters. The lowest BCUT2D eigenvalue weighted by Crippen LogP contribution is -1.91. The number of rotatable bonds is 4. The van der Waals surface area contributed by atoms with Crippen LogP contribution < -0.4 is 0 Å². The second-order valence-corrected chi connectivity index (χ2v) is 20.1. The number of fused-ring (bicyclic) bond motifs is 17. The summed E-state index contributed by atoms with van der Waals surface area (Å²) < 4.78 is 20.4. The predicted octanol–water partition coefficient (Wildman–Crippen LogP) is 21.0. The van der Waals surface area contributed by atoms with E-state index in [0.29, 0.717) is 0 Å². The van der Waals surface area contributed by atoms with Gasteiger partial charge in [-0.25, -0.2) is 0 Å². The van der Waals surface area contributed by atoms with Gasteiger partial charge in [-0.2, -0.15) is 0 Å². The maximum absolute atomic E-state index is 7.22. The first kappa shape index (κ1) is 40.6. The van der Waals surface area contributed by atoms with Gasteiger partial charge in [0, 0.05) is 54.2 Å². The van der Waals surface area contributed by atoms with Crippen molar-refractivity contribution in [1.82, 2.24) is 0 Å². The van der Waals surface area contributed by atoms with Crippen molar-refractivity contribution in [1.29, 1.82) is 0 Å². The number of hydrogen-bond acceptors (Lipinski definition) is 3. The predicted molar refractivity (Wildman–Crippen MR) is 315 cm³/mol. The molecule has 0 atom stereocenters. The lowest BCUT2D eigenvalue weighted by molar-refractivity contribution is 0.670. The first-order valence-corrected chi connectivity index (χ1v) is 25.7. The van der Waals surface area contributed by atoms with Crippen molar-refractivity contribution in [2.75, 3.05) is 0 Å². The molecule has 3 heterocycles. The molecule has 3 heteroatoms. The Balaban J connectivity index is 0.877. The smallest absolute Gasteiger partial charge is 0.143 e. The van der Waals surface area contributed by atoms with Crippen LogP contribution in [0.3, 0.4) is 0 Å². The molecule has 0 amide bonds. The summed E-state index contributed by atoms with van der Waals surface area (Å²) in [5, 5.41) is 20.8. The van der Waals surface area contributed by atoms with Gasteiger partial charge in [-0.05, 0) is 130 Å². The summed E-state index contributed by atoms with van der Waals surface area (Å²) in [5.74, 6) is 0. The van der Waals surface area contributed by atoms with E-state index < -0.39 is 0 Å². The van der Waals surface area contributed by atoms with Gasteiger partial charge in [0.15, 0.2) is 0 Å². The van der Waals surface area contributed by atoms with Crippen LogP contribution in [0, 0.1) is 0 Å². The standard InChI is InChI=1S/C72H40O3/c1-3-17-45-41(15-1)31-35-55-60-39-43(33-37-62(60)73-70(45)55)65-47-19-5-9-23-51(47)67(52-24-10-6-20-48(52)65)57-27-14-30-64-69(57)59-29-13-28-58(72(59)75-64)68-53-25-11-7-21-49(53)66(50-22-8-12-26-54(50)68)44-34-38-63-61(40-44)56-36-32-42-16-2-4-18-46(42)71(56)74-63/h1-40H. The van der Waals surface area contributed by atoms with E-state index in [-0.39, 0.29) is 0 Å². The largest absolute Gasteiger partial charge is 0.455 e. The molecule has 17 aromatic rings. The third-order valence-electron chi connectivity index (χ3n) is 16.2. The van der Waals surface area contributed by atoms with Crippen molar-refractivity contribution >= 4 is 130 Å². The lowest BCUT2D eigenvalue weighted by atomic mass is 9.84. The van der Waals surface area contributed by atoms with E-state index in [9.17, 15) is 0 Å². The molecule has 14 aromatic carbocycles. The van der Waals surface area contributed by atoms with Crippen LogP contribution in [0.25, 0.3) is 175 Å². The summed E-state index contributed by atoms with van der Waals surface area (Å²) in [7, 11) is 0. The third-order valence-corrected chi connectivity index (χ3v) is 16.2. The van der Waals surface area contributed by atoms with Crippen molar-refractivity contribution in [3.05, 3.63) is 243 Å². The second-order valence-electron chi connectivity index (χ2n) is 20.1. The summed E-state index contributed by atoms with van der Waals surface area (Å²) >= 11 is 0. The van der Waals surface area contributed by atoms with Crippen molar-refractivity contribution in [3.8, 4) is 44.5 Å². The fraction of sp³-hybridized carbons (Fsp3) is 0. The molecule has 75 heavy (non-hydrogen) atoms. The van der Waals surface area contributed by atoms with Gasteiger partial charge in [0.1, 0.15) is 33.5 Å². The molecular weight excluding hydrogens is 913 g/mol. The van der Waals surface area contributed by atoms with Crippen LogP contribution in [0.15, 0.2) is 256 Å². The number of hydrogen-bond donors (Lipinski definition) is 0. The Morgan fingerprint density at radius 1 is 0.200 bits per heavy atom. The van der Waals surface area contributed by atoms with Gasteiger partial charge in [-0.3, -0.25) is 0 Å². The van der Waals surface area contributed by atoms with Gasteiger partial charge < -0.3 is 13.3 Å². The van der Waals surface area contributed by atoms with Gasteiger partial charge >= 0.3 is 0 Å². The van der Waals surface area contributed by atoms with Crippen LogP contribution in [0.4, 0.5) is 0 Å². The Labute approximate surface area is 428 Å². The van der Waals surface area contributed by atoms with Crippen molar-refractivity contribution in [2.24, 2.45) is 0 Å². The molecule has 0 saturated heterocycles. The third kappa shape index (κ3) is 5.70. The minimum absolute atomic E-state index is 0.857. The highest BCUT2D eigenvalue weighted by molar-refractivity contribution is 6.29. The van der Waals surface area contributed by atoms with Gasteiger partial charge in [-0.1, -0.05) is 200 Å². The fourth-order valence-corrected chi connectivity index (χ4v) is 13.0. The van der Waals surface area contributed by atoms with Crippen LogP contribution in [0.5, 0.6) is 0 Å². The molecule has 346 valence electrons. The van der Waals surface area contributed by atoms with Gasteiger partial charge in [0.25, 0.3) is 0 Å². The Bertz CT molecular complexity index is 5200. The molecule has 0 spiro atoms. The van der Waals surface area contributed by atoms with E-state index >= 15 is 0 Å². The van der Waals surface area contributed by atoms with Crippen LogP contribution in [0.2, 0.25) is 0 Å². The fourth-order valence-electron chi connectivity index (χ4n) is 13.0. The topological polar surface area (TPSA) is 39.4 Å². The molecule has 0 aliphatic rings. The molecule has 0 fully saturated rings. The summed E-state index contributed by atoms with van der Waals surface area (Å²) in [6, 6.07) is 88.0. The number of furan rings is 3. The minimum Gasteiger partial charge on any atom is -0.455 e. The van der Waals surface area contributed by atoms with Crippen LogP contribution in [-0.4, -0.2) is 0 Å². The molecule has 3 nitrogen and oxygen atoms in total. The average molecular weight is 953 g/mol. The summed E-state index contributed by atoms with van der Waals surface area (Å²) in [5.41, 5.74) is 14.7. The number of para-hydroxylation sites is 1. The van der Waals surface area contributed by atoms with Gasteiger partial charge in [0.05, 0.1) is 0 Å². The van der Waals surface area contributed by atoms with E-state index in [4.69, 9.17) is 13.3 Å². The maximum atomic E-state index is 7.22. The Morgan fingerprint density at radius 2 is 0.573 bits per heavy atom. The zero-order valence-electron chi connectivity index (χ0n) is 40.3. The first-order chi connectivity index (χ1) is 37.2. The van der Waals surface area contributed by atoms with E-state index in [1.807, 2.05) is 0 Å². The zero-order chi connectivity index (χ0) is 48.9. The molecule has 0 bridgehead atoms. The Hall–Kier alpha value is -9.96. The van der Waals surface area contributed by atoms with Gasteiger partial charge in [-0.15, -0.1) is 0 Å². The number of benzene rings is 14. The first-order valence-electron chi connectivity index (χ1n) is 25.7. The van der Waals surface area contributed by atoms with Crippen molar-refractivity contribution in [2.45, 2.75) is 0 Å².